The number of hydrogen-bond donors (Lipinski definition) is 3. The second-order valence-electron chi connectivity index (χ2n) is 6.69. The predicted molar refractivity (Wildman–Crippen MR) is 114 cm³/mol. The second kappa shape index (κ2) is 7.73. The molecule has 1 aromatic carbocycles. The number of anilines is 1. The SMILES string of the molecule is NC(=O)c1c(NC(=S)NC(=O)c2cc3ccccc3o2)sc2c1CCCCC2. The molecule has 28 heavy (non-hydrogen) atoms. The van der Waals surface area contributed by atoms with Crippen molar-refractivity contribution in [1.82, 2.24) is 5.32 Å². The molecule has 0 saturated carbocycles. The highest BCUT2D eigenvalue weighted by Gasteiger charge is 2.24. The minimum Gasteiger partial charge on any atom is -0.451 e. The predicted octanol–water partition coefficient (Wildman–Crippen LogP) is 3.99. The molecule has 0 spiro atoms. The average Bonchev–Trinajstić information content (AvgIpc) is 3.16. The average molecular weight is 414 g/mol. The van der Waals surface area contributed by atoms with Gasteiger partial charge in [-0.1, -0.05) is 24.6 Å². The van der Waals surface area contributed by atoms with Crippen LogP contribution < -0.4 is 16.4 Å². The molecule has 2 heterocycles. The van der Waals surface area contributed by atoms with Crippen LogP contribution in [0.5, 0.6) is 0 Å². The van der Waals surface area contributed by atoms with Crippen LogP contribution in [0.15, 0.2) is 34.7 Å². The Labute approximate surface area is 171 Å². The Bertz CT molecular complexity index is 1050. The van der Waals surface area contributed by atoms with Gasteiger partial charge in [-0.2, -0.15) is 0 Å². The molecule has 0 aliphatic heterocycles. The van der Waals surface area contributed by atoms with E-state index in [4.69, 9.17) is 22.4 Å². The van der Waals surface area contributed by atoms with Crippen molar-refractivity contribution in [2.75, 3.05) is 5.32 Å². The summed E-state index contributed by atoms with van der Waals surface area (Å²) in [5, 5.41) is 7.12. The highest BCUT2D eigenvalue weighted by atomic mass is 32.1. The third kappa shape index (κ3) is 3.65. The number of nitrogens with two attached hydrogens (primary N) is 1. The van der Waals surface area contributed by atoms with E-state index in [2.05, 4.69) is 10.6 Å². The van der Waals surface area contributed by atoms with Gasteiger partial charge in [-0.05, 0) is 55.6 Å². The Morgan fingerprint density at radius 3 is 2.71 bits per heavy atom. The van der Waals surface area contributed by atoms with Gasteiger partial charge in [-0.25, -0.2) is 0 Å². The van der Waals surface area contributed by atoms with Gasteiger partial charge < -0.3 is 15.5 Å². The standard InChI is InChI=1S/C20H19N3O3S2/c21-17(24)16-12-7-2-1-3-9-15(12)28-19(16)23-20(27)22-18(25)14-10-11-6-4-5-8-13(11)26-14/h4-6,8,10H,1-3,7,9H2,(H2,21,24)(H2,22,23,25,27). The lowest BCUT2D eigenvalue weighted by molar-refractivity contribution is 0.0952. The van der Waals surface area contributed by atoms with E-state index in [1.165, 1.54) is 16.2 Å². The first-order valence-corrected chi connectivity index (χ1v) is 10.3. The molecule has 8 heteroatoms. The van der Waals surface area contributed by atoms with Gasteiger partial charge in [0.15, 0.2) is 10.9 Å². The largest absolute Gasteiger partial charge is 0.451 e. The molecule has 3 aromatic rings. The van der Waals surface area contributed by atoms with Crippen molar-refractivity contribution in [3.8, 4) is 0 Å². The van der Waals surface area contributed by atoms with Crippen LogP contribution in [0.3, 0.4) is 0 Å². The van der Waals surface area contributed by atoms with E-state index in [0.29, 0.717) is 16.1 Å². The fourth-order valence-electron chi connectivity index (χ4n) is 3.48. The van der Waals surface area contributed by atoms with Gasteiger partial charge in [-0.3, -0.25) is 14.9 Å². The van der Waals surface area contributed by atoms with Crippen molar-refractivity contribution in [3.05, 3.63) is 52.1 Å². The molecule has 2 amide bonds. The van der Waals surface area contributed by atoms with Crippen molar-refractivity contribution < 1.29 is 14.0 Å². The van der Waals surface area contributed by atoms with Crippen LogP contribution in [0.1, 0.15) is 50.6 Å². The first-order chi connectivity index (χ1) is 13.5. The zero-order valence-corrected chi connectivity index (χ0v) is 16.7. The first kappa shape index (κ1) is 18.6. The van der Waals surface area contributed by atoms with Gasteiger partial charge in [0, 0.05) is 10.3 Å². The fraction of sp³-hybridized carbons (Fsp3) is 0.250. The molecule has 0 atom stereocenters. The molecule has 0 radical (unpaired) electrons. The fourth-order valence-corrected chi connectivity index (χ4v) is 5.04. The Hall–Kier alpha value is -2.71. The monoisotopic (exact) mass is 413 g/mol. The molecule has 2 aromatic heterocycles. The zero-order chi connectivity index (χ0) is 19.7. The number of benzene rings is 1. The molecule has 4 rings (SSSR count). The number of carbonyl (C=O) groups is 2. The Morgan fingerprint density at radius 1 is 1.14 bits per heavy atom. The van der Waals surface area contributed by atoms with Gasteiger partial charge >= 0.3 is 0 Å². The van der Waals surface area contributed by atoms with E-state index in [1.54, 1.807) is 12.1 Å². The lowest BCUT2D eigenvalue weighted by Crippen LogP contribution is -2.34. The number of furan rings is 1. The number of para-hydroxylation sites is 1. The van der Waals surface area contributed by atoms with Crippen LogP contribution in [0.25, 0.3) is 11.0 Å². The Kier molecular flexibility index (Phi) is 5.15. The highest BCUT2D eigenvalue weighted by Crippen LogP contribution is 2.37. The minimum atomic E-state index is -0.478. The van der Waals surface area contributed by atoms with E-state index in [0.717, 1.165) is 43.1 Å². The number of aryl methyl sites for hydroxylation is 1. The summed E-state index contributed by atoms with van der Waals surface area (Å²) in [4.78, 5) is 25.7. The van der Waals surface area contributed by atoms with Crippen molar-refractivity contribution in [1.29, 1.82) is 0 Å². The summed E-state index contributed by atoms with van der Waals surface area (Å²) in [6, 6.07) is 9.03. The molecule has 1 aliphatic rings. The quantitative estimate of drug-likeness (QED) is 0.446. The van der Waals surface area contributed by atoms with Gasteiger partial charge in [-0.15, -0.1) is 11.3 Å². The van der Waals surface area contributed by atoms with Crippen LogP contribution in [0.2, 0.25) is 0 Å². The zero-order valence-electron chi connectivity index (χ0n) is 15.0. The number of thiocarbonyl (C=S) groups is 1. The summed E-state index contributed by atoms with van der Waals surface area (Å²) in [7, 11) is 0. The summed E-state index contributed by atoms with van der Waals surface area (Å²) >= 11 is 6.76. The van der Waals surface area contributed by atoms with Crippen molar-refractivity contribution >= 4 is 56.5 Å². The Balaban J connectivity index is 1.52. The number of amides is 2. The van der Waals surface area contributed by atoms with Crippen LogP contribution in [0.4, 0.5) is 5.00 Å². The lowest BCUT2D eigenvalue weighted by atomic mass is 10.1. The van der Waals surface area contributed by atoms with Crippen LogP contribution in [-0.2, 0) is 12.8 Å². The minimum absolute atomic E-state index is 0.101. The highest BCUT2D eigenvalue weighted by molar-refractivity contribution is 7.80. The van der Waals surface area contributed by atoms with Gasteiger partial charge in [0.1, 0.15) is 10.6 Å². The number of rotatable bonds is 3. The molecule has 0 unspecified atom stereocenters. The molecule has 0 fully saturated rings. The maximum absolute atomic E-state index is 12.5. The van der Waals surface area contributed by atoms with Crippen molar-refractivity contribution in [2.45, 2.75) is 32.1 Å². The normalized spacial score (nSPS) is 13.6. The number of primary amides is 1. The van der Waals surface area contributed by atoms with Crippen LogP contribution in [-0.4, -0.2) is 16.9 Å². The maximum Gasteiger partial charge on any atom is 0.293 e. The molecule has 6 nitrogen and oxygen atoms in total. The lowest BCUT2D eigenvalue weighted by Gasteiger charge is -2.09. The number of thiophene rings is 1. The maximum atomic E-state index is 12.5. The van der Waals surface area contributed by atoms with Gasteiger partial charge in [0.05, 0.1) is 5.56 Å². The van der Waals surface area contributed by atoms with E-state index < -0.39 is 11.8 Å². The molecule has 0 bridgehead atoms. The number of fused-ring (bicyclic) bond motifs is 2. The number of hydrogen-bond acceptors (Lipinski definition) is 5. The summed E-state index contributed by atoms with van der Waals surface area (Å²) < 4.78 is 5.55. The summed E-state index contributed by atoms with van der Waals surface area (Å²) in [6.07, 6.45) is 5.05. The van der Waals surface area contributed by atoms with E-state index in [1.807, 2.05) is 18.2 Å². The summed E-state index contributed by atoms with van der Waals surface area (Å²) in [5.41, 5.74) is 7.76. The Morgan fingerprint density at radius 2 is 1.93 bits per heavy atom. The second-order valence-corrected chi connectivity index (χ2v) is 8.20. The van der Waals surface area contributed by atoms with Crippen molar-refractivity contribution in [3.63, 3.8) is 0 Å². The summed E-state index contributed by atoms with van der Waals surface area (Å²) in [6.45, 7) is 0. The van der Waals surface area contributed by atoms with E-state index in [-0.39, 0.29) is 10.9 Å². The molecular weight excluding hydrogens is 394 g/mol. The molecule has 0 saturated heterocycles. The van der Waals surface area contributed by atoms with Gasteiger partial charge in [0.25, 0.3) is 11.8 Å². The number of carbonyl (C=O) groups excluding carboxylic acids is 2. The molecule has 144 valence electrons. The third-order valence-electron chi connectivity index (χ3n) is 4.77. The van der Waals surface area contributed by atoms with Crippen molar-refractivity contribution in [2.24, 2.45) is 5.73 Å². The summed E-state index contributed by atoms with van der Waals surface area (Å²) in [5.74, 6) is -0.761. The first-order valence-electron chi connectivity index (χ1n) is 9.08. The van der Waals surface area contributed by atoms with Crippen LogP contribution >= 0.6 is 23.6 Å². The van der Waals surface area contributed by atoms with E-state index >= 15 is 0 Å². The van der Waals surface area contributed by atoms with Crippen LogP contribution in [0, 0.1) is 0 Å². The third-order valence-corrected chi connectivity index (χ3v) is 6.18. The van der Waals surface area contributed by atoms with E-state index in [9.17, 15) is 9.59 Å². The van der Waals surface area contributed by atoms with Gasteiger partial charge in [0.2, 0.25) is 0 Å². The molecular formula is C20H19N3O3S2. The topological polar surface area (TPSA) is 97.4 Å². The molecule has 1 aliphatic carbocycles. The smallest absolute Gasteiger partial charge is 0.293 e. The molecule has 4 N–H and O–H groups in total. The number of nitrogens with one attached hydrogen (secondary N) is 2.